The Kier molecular flexibility index (Phi) is 4.75. The van der Waals surface area contributed by atoms with Gasteiger partial charge < -0.3 is 10.2 Å². The molecule has 4 heteroatoms. The van der Waals surface area contributed by atoms with Crippen molar-refractivity contribution in [3.8, 4) is 0 Å². The fraction of sp³-hybridized carbons (Fsp3) is 0.733. The monoisotopic (exact) mass is 262 g/mol. The number of anilines is 1. The molecule has 19 heavy (non-hydrogen) atoms. The van der Waals surface area contributed by atoms with Crippen LogP contribution in [0.3, 0.4) is 0 Å². The van der Waals surface area contributed by atoms with Crippen molar-refractivity contribution in [3.63, 3.8) is 0 Å². The van der Waals surface area contributed by atoms with Crippen molar-refractivity contribution in [3.05, 3.63) is 17.5 Å². The normalized spacial score (nSPS) is 19.7. The van der Waals surface area contributed by atoms with Crippen LogP contribution in [0.2, 0.25) is 0 Å². The first-order valence-corrected chi connectivity index (χ1v) is 7.44. The van der Waals surface area contributed by atoms with Gasteiger partial charge in [-0.25, -0.2) is 9.97 Å². The fourth-order valence-corrected chi connectivity index (χ4v) is 2.66. The molecule has 1 fully saturated rings. The summed E-state index contributed by atoms with van der Waals surface area (Å²) in [6.45, 7) is 11.8. The number of rotatable bonds is 4. The van der Waals surface area contributed by atoms with Crippen LogP contribution >= 0.6 is 0 Å². The Morgan fingerprint density at radius 2 is 2.21 bits per heavy atom. The molecule has 1 unspecified atom stereocenters. The van der Waals surface area contributed by atoms with Crippen LogP contribution in [0.4, 0.5) is 5.95 Å². The summed E-state index contributed by atoms with van der Waals surface area (Å²) in [5.74, 6) is 1.35. The van der Waals surface area contributed by atoms with Crippen LogP contribution < -0.4 is 10.2 Å². The number of likely N-dealkylation sites (N-methyl/N-ethyl adjacent to an activating group) is 1. The summed E-state index contributed by atoms with van der Waals surface area (Å²) in [5.41, 5.74) is 2.21. The van der Waals surface area contributed by atoms with Crippen molar-refractivity contribution in [1.82, 2.24) is 15.3 Å². The molecule has 0 aromatic carbocycles. The van der Waals surface area contributed by atoms with Gasteiger partial charge in [0.05, 0.1) is 0 Å². The molecule has 0 amide bonds. The zero-order chi connectivity index (χ0) is 13.8. The van der Waals surface area contributed by atoms with Crippen molar-refractivity contribution in [2.45, 2.75) is 52.5 Å². The molecule has 0 radical (unpaired) electrons. The zero-order valence-corrected chi connectivity index (χ0v) is 12.6. The Balaban J connectivity index is 2.26. The molecule has 1 saturated heterocycles. The van der Waals surface area contributed by atoms with Crippen LogP contribution in [0.1, 0.15) is 50.9 Å². The van der Waals surface area contributed by atoms with E-state index in [9.17, 15) is 0 Å². The summed E-state index contributed by atoms with van der Waals surface area (Å²) < 4.78 is 0. The number of hydrogen-bond acceptors (Lipinski definition) is 4. The minimum Gasteiger partial charge on any atom is -0.337 e. The highest BCUT2D eigenvalue weighted by molar-refractivity contribution is 5.35. The highest BCUT2D eigenvalue weighted by Crippen LogP contribution is 2.20. The van der Waals surface area contributed by atoms with Crippen LogP contribution in [-0.4, -0.2) is 35.6 Å². The first-order chi connectivity index (χ1) is 9.11. The lowest BCUT2D eigenvalue weighted by Crippen LogP contribution is -2.46. The third-order valence-corrected chi connectivity index (χ3v) is 3.76. The Morgan fingerprint density at radius 1 is 1.42 bits per heavy atom. The van der Waals surface area contributed by atoms with Crippen molar-refractivity contribution in [1.29, 1.82) is 0 Å². The van der Waals surface area contributed by atoms with Gasteiger partial charge in [-0.1, -0.05) is 13.8 Å². The maximum absolute atomic E-state index is 4.77. The molecular formula is C15H26N4. The van der Waals surface area contributed by atoms with Gasteiger partial charge in [-0.3, -0.25) is 0 Å². The summed E-state index contributed by atoms with van der Waals surface area (Å²) in [5, 5.41) is 3.47. The largest absolute Gasteiger partial charge is 0.337 e. The second kappa shape index (κ2) is 6.33. The highest BCUT2D eigenvalue weighted by Gasteiger charge is 2.22. The van der Waals surface area contributed by atoms with E-state index in [1.54, 1.807) is 0 Å². The lowest BCUT2D eigenvalue weighted by Gasteiger charge is -2.34. The second-order valence-corrected chi connectivity index (χ2v) is 5.68. The van der Waals surface area contributed by atoms with Gasteiger partial charge in [0.1, 0.15) is 0 Å². The Hall–Kier alpha value is -1.16. The average Bonchev–Trinajstić information content (AvgIpc) is 2.40. The summed E-state index contributed by atoms with van der Waals surface area (Å²) in [7, 11) is 0. The van der Waals surface area contributed by atoms with Crippen LogP contribution in [0.5, 0.6) is 0 Å². The van der Waals surface area contributed by atoms with E-state index < -0.39 is 0 Å². The molecule has 1 N–H and O–H groups in total. The molecule has 1 aromatic rings. The van der Waals surface area contributed by atoms with E-state index in [-0.39, 0.29) is 0 Å². The first-order valence-electron chi connectivity index (χ1n) is 7.44. The van der Waals surface area contributed by atoms with E-state index in [1.165, 1.54) is 12.8 Å². The van der Waals surface area contributed by atoms with Gasteiger partial charge in [0, 0.05) is 30.5 Å². The number of hydrogen-bond donors (Lipinski definition) is 1. The van der Waals surface area contributed by atoms with Crippen LogP contribution in [0.15, 0.2) is 6.07 Å². The topological polar surface area (TPSA) is 41.1 Å². The molecule has 1 aliphatic heterocycles. The van der Waals surface area contributed by atoms with E-state index in [1.807, 2.05) is 0 Å². The average molecular weight is 262 g/mol. The van der Waals surface area contributed by atoms with Gasteiger partial charge in [-0.15, -0.1) is 0 Å². The quantitative estimate of drug-likeness (QED) is 0.905. The van der Waals surface area contributed by atoms with E-state index >= 15 is 0 Å². The van der Waals surface area contributed by atoms with E-state index in [4.69, 9.17) is 4.98 Å². The third-order valence-electron chi connectivity index (χ3n) is 3.76. The fourth-order valence-electron chi connectivity index (χ4n) is 2.66. The molecule has 106 valence electrons. The lowest BCUT2D eigenvalue weighted by molar-refractivity contribution is 0.430. The zero-order valence-electron chi connectivity index (χ0n) is 12.6. The molecule has 0 aliphatic carbocycles. The number of nitrogens with one attached hydrogen (secondary N) is 1. The maximum atomic E-state index is 4.77. The number of aryl methyl sites for hydroxylation is 1. The molecule has 1 aromatic heterocycles. The van der Waals surface area contributed by atoms with Crippen molar-refractivity contribution in [2.75, 3.05) is 24.5 Å². The SMILES string of the molecule is CCN(c1nc(C)cc(C(C)C)n1)C1CCCNC1. The van der Waals surface area contributed by atoms with Crippen LogP contribution in [-0.2, 0) is 0 Å². The minimum atomic E-state index is 0.448. The number of piperidine rings is 1. The second-order valence-electron chi connectivity index (χ2n) is 5.68. The molecule has 2 rings (SSSR count). The summed E-state index contributed by atoms with van der Waals surface area (Å²) in [4.78, 5) is 11.8. The van der Waals surface area contributed by atoms with E-state index in [0.717, 1.165) is 37.0 Å². The van der Waals surface area contributed by atoms with Gasteiger partial charge in [-0.05, 0) is 45.2 Å². The molecule has 1 aliphatic rings. The molecule has 1 atom stereocenters. The van der Waals surface area contributed by atoms with E-state index in [0.29, 0.717) is 12.0 Å². The maximum Gasteiger partial charge on any atom is 0.226 e. The number of nitrogens with zero attached hydrogens (tertiary/aromatic N) is 3. The molecule has 0 spiro atoms. The van der Waals surface area contributed by atoms with Crippen molar-refractivity contribution < 1.29 is 0 Å². The van der Waals surface area contributed by atoms with Crippen LogP contribution in [0.25, 0.3) is 0 Å². The van der Waals surface area contributed by atoms with Crippen LogP contribution in [0, 0.1) is 6.92 Å². The van der Waals surface area contributed by atoms with Gasteiger partial charge in [0.2, 0.25) is 5.95 Å². The first kappa shape index (κ1) is 14.3. The summed E-state index contributed by atoms with van der Waals surface area (Å²) in [6, 6.07) is 2.63. The van der Waals surface area contributed by atoms with Gasteiger partial charge >= 0.3 is 0 Å². The highest BCUT2D eigenvalue weighted by atomic mass is 15.3. The molecular weight excluding hydrogens is 236 g/mol. The molecule has 0 bridgehead atoms. The van der Waals surface area contributed by atoms with E-state index in [2.05, 4.69) is 49.0 Å². The Morgan fingerprint density at radius 3 is 2.79 bits per heavy atom. The Bertz CT molecular complexity index is 411. The minimum absolute atomic E-state index is 0.448. The summed E-state index contributed by atoms with van der Waals surface area (Å²) in [6.07, 6.45) is 2.47. The number of aromatic nitrogens is 2. The molecule has 0 saturated carbocycles. The summed E-state index contributed by atoms with van der Waals surface area (Å²) >= 11 is 0. The smallest absolute Gasteiger partial charge is 0.226 e. The Labute approximate surface area is 116 Å². The lowest BCUT2D eigenvalue weighted by atomic mass is 10.1. The third kappa shape index (κ3) is 3.44. The predicted octanol–water partition coefficient (Wildman–Crippen LogP) is 2.49. The standard InChI is InChI=1S/C15H26N4/c1-5-19(13-7-6-8-16-10-13)15-17-12(4)9-14(18-15)11(2)3/h9,11,13,16H,5-8,10H2,1-4H3. The van der Waals surface area contributed by atoms with Gasteiger partial charge in [0.25, 0.3) is 0 Å². The van der Waals surface area contributed by atoms with Gasteiger partial charge in [-0.2, -0.15) is 0 Å². The molecule has 2 heterocycles. The van der Waals surface area contributed by atoms with Crippen molar-refractivity contribution in [2.24, 2.45) is 0 Å². The van der Waals surface area contributed by atoms with Crippen molar-refractivity contribution >= 4 is 5.95 Å². The van der Waals surface area contributed by atoms with Gasteiger partial charge in [0.15, 0.2) is 0 Å². The predicted molar refractivity (Wildman–Crippen MR) is 79.8 cm³/mol. The molecule has 4 nitrogen and oxygen atoms in total.